The molecule has 0 amide bonds. The first kappa shape index (κ1) is 43.2. The molecule has 3 N–H and O–H groups in total. The molecule has 0 radical (unpaired) electrons. The van der Waals surface area contributed by atoms with Crippen LogP contribution in [0.5, 0.6) is 0 Å². The molecule has 3 heteroatoms. The largest absolute Gasteiger partial charge is 0.399 e. The number of aliphatic imine (C=N–C) groups is 1. The molecule has 0 saturated carbocycles. The molecule has 3 aromatic rings. The highest BCUT2D eigenvalue weighted by atomic mass is 14.9. The number of nitrogens with one attached hydrogen (secondary N) is 1. The van der Waals surface area contributed by atoms with Gasteiger partial charge in [-0.3, -0.25) is 4.99 Å². The van der Waals surface area contributed by atoms with E-state index in [1.54, 1.807) is 0 Å². The first-order valence-corrected chi connectivity index (χ1v) is 15.4. The molecule has 0 saturated heterocycles. The van der Waals surface area contributed by atoms with Gasteiger partial charge in [-0.25, -0.2) is 0 Å². The minimum absolute atomic E-state index is 0. The molecule has 0 aromatic heterocycles. The van der Waals surface area contributed by atoms with Crippen LogP contribution in [0.1, 0.15) is 78.5 Å². The van der Waals surface area contributed by atoms with Crippen molar-refractivity contribution in [1.82, 2.24) is 0 Å². The lowest BCUT2D eigenvalue weighted by molar-refractivity contribution is 1.09. The molecule has 0 bridgehead atoms. The van der Waals surface area contributed by atoms with Crippen molar-refractivity contribution >= 4 is 28.4 Å². The Morgan fingerprint density at radius 2 is 1.41 bits per heavy atom. The average Bonchev–Trinajstić information content (AvgIpc) is 3.05. The van der Waals surface area contributed by atoms with E-state index in [-0.39, 0.29) is 7.43 Å². The Bertz CT molecular complexity index is 1450. The maximum atomic E-state index is 5.46. The fourth-order valence-electron chi connectivity index (χ4n) is 3.78. The van der Waals surface area contributed by atoms with Crippen LogP contribution >= 0.6 is 0 Å². The summed E-state index contributed by atoms with van der Waals surface area (Å²) in [6, 6.07) is 26.2. The predicted octanol–water partition coefficient (Wildman–Crippen LogP) is 13.0. The van der Waals surface area contributed by atoms with Gasteiger partial charge in [0, 0.05) is 29.0 Å². The van der Waals surface area contributed by atoms with Crippen molar-refractivity contribution in [3.63, 3.8) is 0 Å². The fourth-order valence-corrected chi connectivity index (χ4v) is 3.78. The van der Waals surface area contributed by atoms with Gasteiger partial charge in [-0.1, -0.05) is 114 Å². The molecule has 3 nitrogen and oxygen atoms in total. The third kappa shape index (κ3) is 16.8. The SMILES string of the molecule is C.C/C=C\C.C=C.C=C(C)C(C)=N/C=C(CC)/C(=C/CC)C(=C)c1cccc(NC(=C)c2ccccc2)c1.Cc1cccc(N)c1. The van der Waals surface area contributed by atoms with Crippen LogP contribution < -0.4 is 11.1 Å². The molecule has 0 heterocycles. The van der Waals surface area contributed by atoms with E-state index < -0.39 is 0 Å². The smallest absolute Gasteiger partial charge is 0.0395 e. The van der Waals surface area contributed by atoms with Crippen molar-refractivity contribution in [1.29, 1.82) is 0 Å². The Labute approximate surface area is 282 Å². The van der Waals surface area contributed by atoms with Crippen molar-refractivity contribution < 1.29 is 0 Å². The number of nitrogens with two attached hydrogens (primary N) is 1. The second kappa shape index (κ2) is 25.4. The number of hydrogen-bond donors (Lipinski definition) is 2. The summed E-state index contributed by atoms with van der Waals surface area (Å²) in [4.78, 5) is 4.61. The monoisotopic (exact) mass is 617 g/mol. The first-order valence-electron chi connectivity index (χ1n) is 15.4. The van der Waals surface area contributed by atoms with Gasteiger partial charge in [0.1, 0.15) is 0 Å². The summed E-state index contributed by atoms with van der Waals surface area (Å²) in [6.45, 7) is 32.9. The Balaban J connectivity index is 0. The summed E-state index contributed by atoms with van der Waals surface area (Å²) >= 11 is 0. The number of hydrogen-bond acceptors (Lipinski definition) is 3. The molecule has 0 aliphatic heterocycles. The molecule has 0 fully saturated rings. The Hall–Kier alpha value is -4.89. The molecule has 46 heavy (non-hydrogen) atoms. The average molecular weight is 618 g/mol. The standard InChI is InChI=1S/C29H34N2.C7H9N.C4H8.C2H4.CH4/c1-8-14-29(25(9-2)20-30-23(6)21(3)4)22(5)27-17-13-18-28(19-27)31-24(7)26-15-11-10-12-16-26;1-6-3-2-4-7(8)5-6;1-3-4-2;1-2;/h10-20,31H,3,5,7-9H2,1-2,4,6H3;2-5H,8H2,1H3;3-4H,1-2H3;1-2H2;1H4/b25-20+,29-14+,30-23?;;4-3-;;. The van der Waals surface area contributed by atoms with E-state index in [9.17, 15) is 0 Å². The van der Waals surface area contributed by atoms with E-state index in [2.05, 4.69) is 75.3 Å². The summed E-state index contributed by atoms with van der Waals surface area (Å²) in [5.74, 6) is 0. The minimum atomic E-state index is 0. The lowest BCUT2D eigenvalue weighted by atomic mass is 9.91. The second-order valence-corrected chi connectivity index (χ2v) is 10.1. The minimum Gasteiger partial charge on any atom is -0.399 e. The van der Waals surface area contributed by atoms with Crippen molar-refractivity contribution in [2.24, 2.45) is 4.99 Å². The fraction of sp³-hybridized carbons (Fsp3) is 0.233. The van der Waals surface area contributed by atoms with Crippen LogP contribution in [0.2, 0.25) is 0 Å². The van der Waals surface area contributed by atoms with Gasteiger partial charge in [-0.15, -0.1) is 13.2 Å². The van der Waals surface area contributed by atoms with Crippen LogP contribution in [0.3, 0.4) is 0 Å². The zero-order chi connectivity index (χ0) is 34.2. The van der Waals surface area contributed by atoms with Gasteiger partial charge in [0.05, 0.1) is 0 Å². The van der Waals surface area contributed by atoms with E-state index in [1.807, 2.05) is 120 Å². The number of aryl methyl sites for hydroxylation is 1. The summed E-state index contributed by atoms with van der Waals surface area (Å²) in [5, 5.41) is 3.42. The van der Waals surface area contributed by atoms with Crippen molar-refractivity contribution in [3.05, 3.63) is 170 Å². The summed E-state index contributed by atoms with van der Waals surface area (Å²) in [5.41, 5.74) is 16.7. The van der Waals surface area contributed by atoms with Crippen LogP contribution in [0, 0.1) is 6.92 Å². The molecule has 0 aliphatic carbocycles. The lowest BCUT2D eigenvalue weighted by Gasteiger charge is -2.16. The molecule has 3 rings (SSSR count). The van der Waals surface area contributed by atoms with Gasteiger partial charge in [0.15, 0.2) is 0 Å². The number of rotatable bonds is 10. The first-order chi connectivity index (χ1) is 21.6. The van der Waals surface area contributed by atoms with Gasteiger partial charge < -0.3 is 11.1 Å². The van der Waals surface area contributed by atoms with Crippen LogP contribution in [-0.2, 0) is 0 Å². The normalized spacial score (nSPS) is 10.9. The number of anilines is 2. The van der Waals surface area contributed by atoms with Crippen LogP contribution in [-0.4, -0.2) is 5.71 Å². The summed E-state index contributed by atoms with van der Waals surface area (Å²) in [7, 11) is 0. The van der Waals surface area contributed by atoms with E-state index in [1.165, 1.54) is 11.1 Å². The Morgan fingerprint density at radius 3 is 1.89 bits per heavy atom. The number of allylic oxidation sites excluding steroid dienone is 7. The van der Waals surface area contributed by atoms with Crippen LogP contribution in [0.25, 0.3) is 11.3 Å². The Kier molecular flexibility index (Phi) is 23.9. The van der Waals surface area contributed by atoms with Gasteiger partial charge in [-0.2, -0.15) is 0 Å². The van der Waals surface area contributed by atoms with Crippen LogP contribution in [0.4, 0.5) is 11.4 Å². The lowest BCUT2D eigenvalue weighted by Crippen LogP contribution is -1.99. The third-order valence-electron chi connectivity index (χ3n) is 6.50. The molecule has 0 aliphatic rings. The Morgan fingerprint density at radius 1 is 0.826 bits per heavy atom. The van der Waals surface area contributed by atoms with E-state index >= 15 is 0 Å². The molecule has 0 atom stereocenters. The molecular formula is C43H59N3. The number of benzene rings is 3. The van der Waals surface area contributed by atoms with Crippen molar-refractivity contribution in [3.8, 4) is 0 Å². The molecule has 0 unspecified atom stereocenters. The third-order valence-corrected chi connectivity index (χ3v) is 6.50. The van der Waals surface area contributed by atoms with Gasteiger partial charge in [0.2, 0.25) is 0 Å². The van der Waals surface area contributed by atoms with Gasteiger partial charge in [0.25, 0.3) is 0 Å². The maximum absolute atomic E-state index is 5.46. The van der Waals surface area contributed by atoms with Crippen molar-refractivity contribution in [2.45, 2.75) is 68.7 Å². The quantitative estimate of drug-likeness (QED) is 0.103. The van der Waals surface area contributed by atoms with Gasteiger partial charge in [-0.05, 0) is 111 Å². The van der Waals surface area contributed by atoms with E-state index in [0.29, 0.717) is 0 Å². The molecule has 0 spiro atoms. The second-order valence-electron chi connectivity index (χ2n) is 10.1. The van der Waals surface area contributed by atoms with E-state index in [4.69, 9.17) is 5.73 Å². The van der Waals surface area contributed by atoms with E-state index in [0.717, 1.165) is 63.5 Å². The van der Waals surface area contributed by atoms with Crippen molar-refractivity contribution in [2.75, 3.05) is 11.1 Å². The summed E-state index contributed by atoms with van der Waals surface area (Å²) in [6.07, 6.45) is 9.99. The maximum Gasteiger partial charge on any atom is 0.0395 e. The van der Waals surface area contributed by atoms with Crippen LogP contribution in [0.15, 0.2) is 158 Å². The predicted molar refractivity (Wildman–Crippen MR) is 213 cm³/mol. The molecule has 3 aromatic carbocycles. The highest BCUT2D eigenvalue weighted by Crippen LogP contribution is 2.31. The zero-order valence-corrected chi connectivity index (χ0v) is 28.8. The number of nitrogen functional groups attached to an aromatic ring is 1. The van der Waals surface area contributed by atoms with Gasteiger partial charge >= 0.3 is 0 Å². The highest BCUT2D eigenvalue weighted by molar-refractivity contribution is 5.97. The molecular weight excluding hydrogens is 558 g/mol. The molecule has 246 valence electrons. The summed E-state index contributed by atoms with van der Waals surface area (Å²) < 4.78 is 0. The highest BCUT2D eigenvalue weighted by Gasteiger charge is 2.11. The number of nitrogens with zero attached hydrogens (tertiary/aromatic N) is 1. The zero-order valence-electron chi connectivity index (χ0n) is 28.8. The topological polar surface area (TPSA) is 50.4 Å².